The van der Waals surface area contributed by atoms with Gasteiger partial charge in [0.15, 0.2) is 0 Å². The SMILES string of the molecule is Cc1nc2c3cc(C4(C#N)CC4)c(=O)n(c3n1)CC(O)NCCCN1CC(CCC(F)(F)c3cccc(c3)[C@@H](I)N2)C1. The Labute approximate surface area is 256 Å². The third kappa shape index (κ3) is 5.76. The van der Waals surface area contributed by atoms with E-state index >= 15 is 8.78 Å². The summed E-state index contributed by atoms with van der Waals surface area (Å²) < 4.78 is 31.7. The number of hydrogen-bond acceptors (Lipinski definition) is 8. The number of nitrogens with one attached hydrogen (secondary N) is 2. The quantitative estimate of drug-likeness (QED) is 0.197. The van der Waals surface area contributed by atoms with E-state index in [1.807, 2.05) is 0 Å². The molecule has 4 aliphatic rings. The zero-order valence-corrected chi connectivity index (χ0v) is 25.6. The summed E-state index contributed by atoms with van der Waals surface area (Å²) in [4.78, 5) is 25.2. The van der Waals surface area contributed by atoms with Crippen LogP contribution >= 0.6 is 22.6 Å². The number of aliphatic hydroxyl groups excluding tert-OH is 1. The van der Waals surface area contributed by atoms with Crippen molar-refractivity contribution < 1.29 is 13.9 Å². The summed E-state index contributed by atoms with van der Waals surface area (Å²) >= 11 is 2.15. The number of fused-ring (bicyclic) bond motifs is 8. The number of nitriles is 1. The Kier molecular flexibility index (Phi) is 7.97. The first kappa shape index (κ1) is 29.3. The number of halogens is 3. The van der Waals surface area contributed by atoms with E-state index in [1.54, 1.807) is 31.2 Å². The number of alkyl halides is 3. The standard InChI is InChI=1S/C30H34F2IN7O2/c1-18-36-26-22-13-23(29(17-34)8-9-29)28(42)40(27(22)37-18)16-24(41)35-10-3-11-39-14-19(15-39)6-7-30(31,32)21-5-2-4-20(12-21)25(33)38-26/h2,4-5,12-13,19,24-25,35,41H,3,6-11,14-16H2,1H3,(H,36,37,38)/t24?,25-/m0/s1. The molecule has 2 fully saturated rings. The highest BCUT2D eigenvalue weighted by atomic mass is 127. The normalized spacial score (nSPS) is 27.2. The Morgan fingerprint density at radius 2 is 1.95 bits per heavy atom. The molecule has 9 nitrogen and oxygen atoms in total. The van der Waals surface area contributed by atoms with Gasteiger partial charge in [0.25, 0.3) is 11.5 Å². The number of rotatable bonds is 1. The van der Waals surface area contributed by atoms with Crippen LogP contribution in [0, 0.1) is 24.2 Å². The number of anilines is 1. The lowest BCUT2D eigenvalue weighted by Gasteiger charge is -2.40. The number of pyridine rings is 1. The molecule has 1 saturated heterocycles. The fourth-order valence-corrected chi connectivity index (χ4v) is 6.73. The van der Waals surface area contributed by atoms with Gasteiger partial charge in [0.1, 0.15) is 27.6 Å². The summed E-state index contributed by atoms with van der Waals surface area (Å²) in [6, 6.07) is 10.5. The van der Waals surface area contributed by atoms with Crippen molar-refractivity contribution in [2.24, 2.45) is 5.92 Å². The Bertz CT molecular complexity index is 1600. The van der Waals surface area contributed by atoms with E-state index in [2.05, 4.69) is 54.2 Å². The molecule has 0 radical (unpaired) electrons. The van der Waals surface area contributed by atoms with Crippen LogP contribution in [0.1, 0.15) is 58.7 Å². The van der Waals surface area contributed by atoms with Crippen LogP contribution in [-0.4, -0.2) is 56.9 Å². The van der Waals surface area contributed by atoms with E-state index in [1.165, 1.54) is 10.6 Å². The van der Waals surface area contributed by atoms with Crippen LogP contribution in [0.2, 0.25) is 0 Å². The second kappa shape index (κ2) is 11.4. The number of benzene rings is 1. The zero-order valence-electron chi connectivity index (χ0n) is 23.4. The highest BCUT2D eigenvalue weighted by Gasteiger charge is 2.47. The van der Waals surface area contributed by atoms with Gasteiger partial charge in [-0.15, -0.1) is 0 Å². The minimum Gasteiger partial charge on any atom is -0.377 e. The molecule has 8 bridgehead atoms. The van der Waals surface area contributed by atoms with Gasteiger partial charge >= 0.3 is 0 Å². The predicted molar refractivity (Wildman–Crippen MR) is 164 cm³/mol. The van der Waals surface area contributed by atoms with E-state index in [9.17, 15) is 15.2 Å². The third-order valence-corrected chi connectivity index (χ3v) is 9.72. The molecule has 2 atom stereocenters. The molecule has 5 heterocycles. The molecule has 42 heavy (non-hydrogen) atoms. The zero-order chi connectivity index (χ0) is 29.6. The summed E-state index contributed by atoms with van der Waals surface area (Å²) in [5.74, 6) is -1.85. The average Bonchev–Trinajstić information content (AvgIpc) is 3.73. The fraction of sp³-hybridized carbons (Fsp3) is 0.533. The molecule has 1 saturated carbocycles. The van der Waals surface area contributed by atoms with Crippen molar-refractivity contribution in [3.8, 4) is 6.07 Å². The van der Waals surface area contributed by atoms with Crippen molar-refractivity contribution >= 4 is 39.4 Å². The molecular formula is C30H34F2IN7O2. The second-order valence-corrected chi connectivity index (χ2v) is 13.1. The minimum atomic E-state index is -2.94. The van der Waals surface area contributed by atoms with Gasteiger partial charge in [-0.05, 0) is 69.3 Å². The van der Waals surface area contributed by atoms with Crippen molar-refractivity contribution in [1.82, 2.24) is 24.8 Å². The first-order valence-corrected chi connectivity index (χ1v) is 15.7. The molecule has 1 aromatic carbocycles. The fourth-order valence-electron chi connectivity index (χ4n) is 6.05. The number of aryl methyl sites for hydroxylation is 1. The van der Waals surface area contributed by atoms with E-state index in [-0.39, 0.29) is 30.0 Å². The molecule has 0 amide bonds. The Hall–Kier alpha value is -2.73. The van der Waals surface area contributed by atoms with Crippen molar-refractivity contribution in [3.63, 3.8) is 0 Å². The van der Waals surface area contributed by atoms with Crippen LogP contribution in [-0.2, 0) is 17.9 Å². The van der Waals surface area contributed by atoms with E-state index < -0.39 is 21.6 Å². The summed E-state index contributed by atoms with van der Waals surface area (Å²) in [7, 11) is 0. The lowest BCUT2D eigenvalue weighted by atomic mass is 9.90. The van der Waals surface area contributed by atoms with Crippen LogP contribution in [0.25, 0.3) is 11.0 Å². The summed E-state index contributed by atoms with van der Waals surface area (Å²) in [5, 5.41) is 27.8. The third-order valence-electron chi connectivity index (χ3n) is 8.69. The molecular weight excluding hydrogens is 655 g/mol. The minimum absolute atomic E-state index is 0.00449. The number of aromatic nitrogens is 3. The first-order chi connectivity index (χ1) is 20.1. The van der Waals surface area contributed by atoms with Crippen molar-refractivity contribution in [3.05, 3.63) is 63.2 Å². The monoisotopic (exact) mass is 689 g/mol. The predicted octanol–water partition coefficient (Wildman–Crippen LogP) is 4.32. The van der Waals surface area contributed by atoms with Crippen molar-refractivity contribution in [1.29, 1.82) is 5.26 Å². The number of nitrogens with zero attached hydrogens (tertiary/aromatic N) is 5. The maximum Gasteiger partial charge on any atom is 0.273 e. The molecule has 222 valence electrons. The summed E-state index contributed by atoms with van der Waals surface area (Å²) in [6.45, 7) is 4.60. The molecule has 0 spiro atoms. The molecule has 1 unspecified atom stereocenters. The lowest BCUT2D eigenvalue weighted by Crippen LogP contribution is -2.48. The topological polar surface area (TPSA) is 119 Å². The van der Waals surface area contributed by atoms with Crippen LogP contribution in [0.5, 0.6) is 0 Å². The molecule has 3 aliphatic heterocycles. The average molecular weight is 690 g/mol. The first-order valence-electron chi connectivity index (χ1n) is 14.5. The largest absolute Gasteiger partial charge is 0.377 e. The van der Waals surface area contributed by atoms with Gasteiger partial charge in [-0.2, -0.15) is 5.26 Å². The van der Waals surface area contributed by atoms with Gasteiger partial charge in [0.05, 0.1) is 23.4 Å². The molecule has 12 heteroatoms. The van der Waals surface area contributed by atoms with Gasteiger partial charge in [0.2, 0.25) is 0 Å². The Balaban J connectivity index is 1.43. The van der Waals surface area contributed by atoms with Gasteiger partial charge < -0.3 is 15.3 Å². The second-order valence-electron chi connectivity index (χ2n) is 11.8. The maximum atomic E-state index is 15.3. The van der Waals surface area contributed by atoms with Crippen molar-refractivity contribution in [2.75, 3.05) is 31.5 Å². The van der Waals surface area contributed by atoms with Crippen molar-refractivity contribution in [2.45, 2.75) is 67.2 Å². The maximum absolute atomic E-state index is 15.3. The van der Waals surface area contributed by atoms with Crippen LogP contribution in [0.3, 0.4) is 0 Å². The van der Waals surface area contributed by atoms with Gasteiger partial charge in [-0.3, -0.25) is 14.7 Å². The molecule has 3 N–H and O–H groups in total. The van der Waals surface area contributed by atoms with Crippen LogP contribution < -0.4 is 16.2 Å². The van der Waals surface area contributed by atoms with E-state index in [0.29, 0.717) is 59.6 Å². The number of aliphatic hydroxyl groups is 1. The molecule has 1 aliphatic carbocycles. The summed E-state index contributed by atoms with van der Waals surface area (Å²) in [6.07, 6.45) is 1.18. The van der Waals surface area contributed by atoms with Crippen LogP contribution in [0.15, 0.2) is 35.1 Å². The smallest absolute Gasteiger partial charge is 0.273 e. The lowest BCUT2D eigenvalue weighted by molar-refractivity contribution is -0.0291. The van der Waals surface area contributed by atoms with Gasteiger partial charge in [-0.1, -0.05) is 40.8 Å². The highest BCUT2D eigenvalue weighted by molar-refractivity contribution is 14.1. The Morgan fingerprint density at radius 1 is 1.17 bits per heavy atom. The Morgan fingerprint density at radius 3 is 2.69 bits per heavy atom. The number of hydrogen-bond donors (Lipinski definition) is 3. The van der Waals surface area contributed by atoms with E-state index in [0.717, 1.165) is 26.1 Å². The summed E-state index contributed by atoms with van der Waals surface area (Å²) in [5.41, 5.74) is 0.139. The van der Waals surface area contributed by atoms with Gasteiger partial charge in [0, 0.05) is 30.6 Å². The van der Waals surface area contributed by atoms with Gasteiger partial charge in [-0.25, -0.2) is 18.7 Å². The molecule has 7 rings (SSSR count). The van der Waals surface area contributed by atoms with Crippen LogP contribution in [0.4, 0.5) is 14.6 Å². The highest BCUT2D eigenvalue weighted by Crippen LogP contribution is 2.47. The molecule has 2 aromatic heterocycles. The van der Waals surface area contributed by atoms with E-state index in [4.69, 9.17) is 0 Å². The molecule has 3 aromatic rings.